The number of rotatable bonds is 29. The Kier molecular flexibility index (Phi) is 22.3. The van der Waals surface area contributed by atoms with Crippen LogP contribution in [0.15, 0.2) is 47.0 Å². The van der Waals surface area contributed by atoms with Gasteiger partial charge in [-0.15, -0.1) is 0 Å². The standard InChI is InChI=1S/C32H46N2O12.ClH/c1-37-12-13-40-18-19-43-22-23-44-24-25-45-27-5-6-28-30(26-27)46-32(33-28)29-4-2-3-8-34(29)9-11-39-15-17-42-21-20-41-16-14-38-10-7-31(35)36;/h2-6,8,26H,7,9-25H2,1H3;1H. The van der Waals surface area contributed by atoms with Crippen LogP contribution >= 0.6 is 0 Å². The third-order valence-electron chi connectivity index (χ3n) is 6.24. The Bertz CT molecular complexity index is 1230. The van der Waals surface area contributed by atoms with E-state index >= 15 is 0 Å². The number of nitrogens with zero attached hydrogens (tertiary/aromatic N) is 2. The van der Waals surface area contributed by atoms with Crippen molar-refractivity contribution in [2.45, 2.75) is 13.0 Å². The second-order valence-corrected chi connectivity index (χ2v) is 9.70. The van der Waals surface area contributed by atoms with E-state index in [1.165, 1.54) is 0 Å². The van der Waals surface area contributed by atoms with E-state index in [0.29, 0.717) is 123 Å². The van der Waals surface area contributed by atoms with Crippen molar-refractivity contribution in [1.29, 1.82) is 0 Å². The van der Waals surface area contributed by atoms with E-state index in [9.17, 15) is 4.79 Å². The fraction of sp³-hybridized carbons (Fsp3) is 0.594. The van der Waals surface area contributed by atoms with E-state index in [2.05, 4.69) is 4.98 Å². The summed E-state index contributed by atoms with van der Waals surface area (Å²) in [6.45, 7) is 7.83. The second-order valence-electron chi connectivity index (χ2n) is 9.70. The van der Waals surface area contributed by atoms with Gasteiger partial charge in [0.1, 0.15) is 24.5 Å². The zero-order chi connectivity index (χ0) is 32.5. The molecule has 0 saturated heterocycles. The van der Waals surface area contributed by atoms with Gasteiger partial charge in [0, 0.05) is 25.3 Å². The van der Waals surface area contributed by atoms with Crippen molar-refractivity contribution in [2.75, 3.05) is 113 Å². The lowest BCUT2D eigenvalue weighted by Gasteiger charge is -2.08. The summed E-state index contributed by atoms with van der Waals surface area (Å²) in [5, 5.41) is 8.55. The van der Waals surface area contributed by atoms with Crippen LogP contribution in [0.5, 0.6) is 5.75 Å². The van der Waals surface area contributed by atoms with Crippen LogP contribution in [0.25, 0.3) is 22.7 Å². The van der Waals surface area contributed by atoms with Gasteiger partial charge >= 0.3 is 5.97 Å². The number of aromatic nitrogens is 2. The topological polar surface area (TPSA) is 150 Å². The Morgan fingerprint density at radius 3 is 1.87 bits per heavy atom. The van der Waals surface area contributed by atoms with Gasteiger partial charge in [-0.1, -0.05) is 0 Å². The molecule has 0 saturated carbocycles. The molecule has 0 fully saturated rings. The fourth-order valence-corrected chi connectivity index (χ4v) is 3.96. The number of methoxy groups -OCH3 is 1. The van der Waals surface area contributed by atoms with Crippen molar-refractivity contribution >= 4 is 17.1 Å². The number of oxazole rings is 1. The van der Waals surface area contributed by atoms with Crippen molar-refractivity contribution in [2.24, 2.45) is 0 Å². The first kappa shape index (κ1) is 40.3. The smallest absolute Gasteiger partial charge is 0.305 e. The summed E-state index contributed by atoms with van der Waals surface area (Å²) in [4.78, 5) is 15.1. The summed E-state index contributed by atoms with van der Waals surface area (Å²) in [6, 6.07) is 11.4. The quantitative estimate of drug-likeness (QED) is 0.0732. The number of fused-ring (bicyclic) bond motifs is 1. The highest BCUT2D eigenvalue weighted by molar-refractivity contribution is 5.76. The molecule has 1 N–H and O–H groups in total. The molecule has 14 nitrogen and oxygen atoms in total. The van der Waals surface area contributed by atoms with Crippen LogP contribution in [-0.4, -0.2) is 129 Å². The number of benzene rings is 1. The first-order valence-electron chi connectivity index (χ1n) is 15.4. The lowest BCUT2D eigenvalue weighted by atomic mass is 10.3. The first-order chi connectivity index (χ1) is 22.7. The van der Waals surface area contributed by atoms with Gasteiger partial charge in [0.2, 0.25) is 0 Å². The largest absolute Gasteiger partial charge is 1.00 e. The maximum Gasteiger partial charge on any atom is 0.305 e. The Morgan fingerprint density at radius 2 is 1.28 bits per heavy atom. The summed E-state index contributed by atoms with van der Waals surface area (Å²) in [6.07, 6.45) is 1.95. The molecule has 0 radical (unpaired) electrons. The summed E-state index contributed by atoms with van der Waals surface area (Å²) < 4.78 is 57.0. The van der Waals surface area contributed by atoms with E-state index in [4.69, 9.17) is 52.2 Å². The molecule has 0 aliphatic rings. The first-order valence-corrected chi connectivity index (χ1v) is 15.4. The molecular weight excluding hydrogens is 640 g/mol. The normalized spacial score (nSPS) is 11.2. The van der Waals surface area contributed by atoms with Crippen LogP contribution < -0.4 is 21.7 Å². The molecule has 0 unspecified atom stereocenters. The molecule has 15 heteroatoms. The molecule has 3 aromatic rings. The lowest BCUT2D eigenvalue weighted by Crippen LogP contribution is -3.00. The van der Waals surface area contributed by atoms with Crippen molar-refractivity contribution < 1.29 is 73.9 Å². The third kappa shape index (κ3) is 17.7. The number of ether oxygens (including phenoxy) is 9. The van der Waals surface area contributed by atoms with Crippen LogP contribution in [0.4, 0.5) is 0 Å². The number of pyridine rings is 1. The highest BCUT2D eigenvalue weighted by Gasteiger charge is 2.19. The number of carboxylic acid groups (broad SMARTS) is 1. The molecule has 47 heavy (non-hydrogen) atoms. The van der Waals surface area contributed by atoms with E-state index in [1.807, 2.05) is 47.2 Å². The predicted octanol–water partition coefficient (Wildman–Crippen LogP) is -0.598. The molecule has 0 atom stereocenters. The van der Waals surface area contributed by atoms with Crippen LogP contribution in [-0.2, 0) is 49.2 Å². The zero-order valence-electron chi connectivity index (χ0n) is 27.0. The molecule has 1 aromatic carbocycles. The minimum atomic E-state index is -0.878. The van der Waals surface area contributed by atoms with Gasteiger partial charge in [-0.3, -0.25) is 4.79 Å². The SMILES string of the molecule is COCCOCCOCCOCCOc1ccc2nc(-c3cccc[n+]3CCOCCOCCOCCOCCC(=O)O)oc2c1.[Cl-]. The van der Waals surface area contributed by atoms with Gasteiger partial charge in [-0.25, -0.2) is 4.98 Å². The van der Waals surface area contributed by atoms with Crippen molar-refractivity contribution in [1.82, 2.24) is 4.98 Å². The van der Waals surface area contributed by atoms with Crippen molar-refractivity contribution in [3.05, 3.63) is 42.6 Å². The molecule has 2 aromatic heterocycles. The minimum Gasteiger partial charge on any atom is -1.00 e. The number of halogens is 1. The maximum atomic E-state index is 10.4. The molecule has 264 valence electrons. The summed E-state index contributed by atoms with van der Waals surface area (Å²) in [5.41, 5.74) is 2.20. The van der Waals surface area contributed by atoms with Gasteiger partial charge in [0.05, 0.1) is 98.9 Å². The van der Waals surface area contributed by atoms with Gasteiger partial charge in [0.25, 0.3) is 11.6 Å². The van der Waals surface area contributed by atoms with Gasteiger partial charge in [-0.2, -0.15) is 4.57 Å². The number of carbonyl (C=O) groups is 1. The lowest BCUT2D eigenvalue weighted by molar-refractivity contribution is -0.688. The fourth-order valence-electron chi connectivity index (χ4n) is 3.96. The molecule has 2 heterocycles. The van der Waals surface area contributed by atoms with Gasteiger partial charge in [0.15, 0.2) is 18.3 Å². The Balaban J connectivity index is 0.00000768. The van der Waals surface area contributed by atoms with E-state index in [-0.39, 0.29) is 25.4 Å². The molecule has 0 spiro atoms. The van der Waals surface area contributed by atoms with Gasteiger partial charge in [-0.05, 0) is 18.2 Å². The molecule has 0 bridgehead atoms. The number of aliphatic carboxylic acids is 1. The van der Waals surface area contributed by atoms with Crippen LogP contribution in [0.1, 0.15) is 6.42 Å². The summed E-state index contributed by atoms with van der Waals surface area (Å²) >= 11 is 0. The average Bonchev–Trinajstić information content (AvgIpc) is 3.49. The summed E-state index contributed by atoms with van der Waals surface area (Å²) in [7, 11) is 1.64. The van der Waals surface area contributed by atoms with E-state index in [1.54, 1.807) is 7.11 Å². The zero-order valence-corrected chi connectivity index (χ0v) is 27.7. The van der Waals surface area contributed by atoms with E-state index < -0.39 is 5.97 Å². The van der Waals surface area contributed by atoms with Crippen LogP contribution in [0.2, 0.25) is 0 Å². The molecule has 0 aliphatic heterocycles. The molecule has 3 rings (SSSR count). The van der Waals surface area contributed by atoms with E-state index in [0.717, 1.165) is 11.2 Å². The number of hydrogen-bond acceptors (Lipinski definition) is 12. The average molecular weight is 687 g/mol. The summed E-state index contributed by atoms with van der Waals surface area (Å²) in [5.74, 6) is 0.307. The Morgan fingerprint density at radius 1 is 0.723 bits per heavy atom. The number of hydrogen-bond donors (Lipinski definition) is 1. The third-order valence-corrected chi connectivity index (χ3v) is 6.24. The Labute approximate surface area is 281 Å². The van der Waals surface area contributed by atoms with Crippen molar-refractivity contribution in [3.63, 3.8) is 0 Å². The predicted molar refractivity (Wildman–Crippen MR) is 165 cm³/mol. The minimum absolute atomic E-state index is 0. The van der Waals surface area contributed by atoms with Crippen LogP contribution in [0.3, 0.4) is 0 Å². The monoisotopic (exact) mass is 686 g/mol. The van der Waals surface area contributed by atoms with Crippen molar-refractivity contribution in [3.8, 4) is 17.3 Å². The molecule has 0 amide bonds. The number of carboxylic acids is 1. The second kappa shape index (κ2) is 26.1. The molecular formula is C32H47ClN2O12. The van der Waals surface area contributed by atoms with Gasteiger partial charge < -0.3 is 64.6 Å². The maximum absolute atomic E-state index is 10.4. The Hall–Kier alpha value is -2.92. The highest BCUT2D eigenvalue weighted by atomic mass is 35.5. The highest BCUT2D eigenvalue weighted by Crippen LogP contribution is 2.25. The molecule has 0 aliphatic carbocycles. The van der Waals surface area contributed by atoms with Crippen LogP contribution in [0, 0.1) is 0 Å².